The molecule has 1 atom stereocenters. The largest absolute Gasteiger partial charge is 0.545 e. The minimum atomic E-state index is -1.19. The third-order valence-electron chi connectivity index (χ3n) is 4.27. The van der Waals surface area contributed by atoms with Gasteiger partial charge >= 0.3 is 0 Å². The molecule has 126 valence electrons. The standard InChI is InChI=1S/C20H28O3/c1-14(7-6-8-15(2)13-19(22)23)9-10-17-16(3)18(21)11-12-20(17,4)5/h6-10,13,18,21H,11-12H2,1-5H3,(H,22,23)/p-1/b8-6+,10-9+,14-7+,15-13+/t18-/m0/s1. The maximum atomic E-state index is 10.4. The molecule has 0 heterocycles. The van der Waals surface area contributed by atoms with E-state index in [-0.39, 0.29) is 11.5 Å². The maximum absolute atomic E-state index is 10.4. The van der Waals surface area contributed by atoms with E-state index in [0.29, 0.717) is 5.57 Å². The lowest BCUT2D eigenvalue weighted by Crippen LogP contribution is -2.27. The fraction of sp³-hybridized carbons (Fsp3) is 0.450. The molecule has 0 unspecified atom stereocenters. The van der Waals surface area contributed by atoms with Gasteiger partial charge in [0.05, 0.1) is 12.1 Å². The Balaban J connectivity index is 2.87. The molecule has 1 aliphatic rings. The molecule has 0 spiro atoms. The van der Waals surface area contributed by atoms with E-state index in [9.17, 15) is 15.0 Å². The number of carboxylic acid groups (broad SMARTS) is 1. The number of carbonyl (C=O) groups is 1. The number of hydrogen-bond acceptors (Lipinski definition) is 3. The van der Waals surface area contributed by atoms with Crippen molar-refractivity contribution >= 4 is 5.97 Å². The molecular formula is C20H27O3-. The van der Waals surface area contributed by atoms with Crippen LogP contribution in [0.25, 0.3) is 0 Å². The van der Waals surface area contributed by atoms with E-state index in [1.807, 2.05) is 32.1 Å². The van der Waals surface area contributed by atoms with Crippen LogP contribution in [-0.4, -0.2) is 17.2 Å². The van der Waals surface area contributed by atoms with Crippen LogP contribution in [0, 0.1) is 5.41 Å². The van der Waals surface area contributed by atoms with Crippen molar-refractivity contribution in [3.05, 3.63) is 58.7 Å². The van der Waals surface area contributed by atoms with Crippen LogP contribution in [0.15, 0.2) is 58.7 Å². The third-order valence-corrected chi connectivity index (χ3v) is 4.27. The quantitative estimate of drug-likeness (QED) is 0.626. The predicted molar refractivity (Wildman–Crippen MR) is 92.5 cm³/mol. The molecule has 0 aromatic carbocycles. The lowest BCUT2D eigenvalue weighted by molar-refractivity contribution is -0.297. The van der Waals surface area contributed by atoms with E-state index in [0.717, 1.165) is 30.1 Å². The van der Waals surface area contributed by atoms with Gasteiger partial charge in [0.25, 0.3) is 0 Å². The van der Waals surface area contributed by atoms with Crippen LogP contribution in [0.1, 0.15) is 47.5 Å². The molecule has 1 rings (SSSR count). The first kappa shape index (κ1) is 19.2. The van der Waals surface area contributed by atoms with Gasteiger partial charge in [-0.2, -0.15) is 0 Å². The van der Waals surface area contributed by atoms with E-state index >= 15 is 0 Å². The highest BCUT2D eigenvalue weighted by atomic mass is 16.4. The van der Waals surface area contributed by atoms with Gasteiger partial charge in [0, 0.05) is 0 Å². The summed E-state index contributed by atoms with van der Waals surface area (Å²) in [4.78, 5) is 10.4. The summed E-state index contributed by atoms with van der Waals surface area (Å²) in [5, 5.41) is 20.5. The van der Waals surface area contributed by atoms with Crippen molar-refractivity contribution in [1.82, 2.24) is 0 Å². The van der Waals surface area contributed by atoms with Crippen molar-refractivity contribution in [1.29, 1.82) is 0 Å². The Morgan fingerprint density at radius 3 is 2.52 bits per heavy atom. The van der Waals surface area contributed by atoms with Gasteiger partial charge in [-0.25, -0.2) is 0 Å². The predicted octanol–water partition coefficient (Wildman–Crippen LogP) is 3.24. The number of carbonyl (C=O) groups excluding carboxylic acids is 1. The van der Waals surface area contributed by atoms with Crippen molar-refractivity contribution in [2.45, 2.75) is 53.6 Å². The van der Waals surface area contributed by atoms with Crippen LogP contribution in [0.2, 0.25) is 0 Å². The summed E-state index contributed by atoms with van der Waals surface area (Å²) in [6.45, 7) is 10.1. The zero-order valence-electron chi connectivity index (χ0n) is 14.7. The number of rotatable bonds is 5. The first-order valence-corrected chi connectivity index (χ1v) is 7.95. The van der Waals surface area contributed by atoms with Gasteiger partial charge in [-0.15, -0.1) is 0 Å². The lowest BCUT2D eigenvalue weighted by atomic mass is 9.71. The zero-order chi connectivity index (χ0) is 17.6. The summed E-state index contributed by atoms with van der Waals surface area (Å²) < 4.78 is 0. The van der Waals surface area contributed by atoms with Crippen molar-refractivity contribution in [2.75, 3.05) is 0 Å². The summed E-state index contributed by atoms with van der Waals surface area (Å²) in [5.74, 6) is -1.19. The van der Waals surface area contributed by atoms with E-state index in [4.69, 9.17) is 0 Å². The molecule has 0 aromatic heterocycles. The fourth-order valence-electron chi connectivity index (χ4n) is 2.78. The molecule has 0 aromatic rings. The summed E-state index contributed by atoms with van der Waals surface area (Å²) in [5.41, 5.74) is 4.00. The van der Waals surface area contributed by atoms with Crippen LogP contribution in [0.5, 0.6) is 0 Å². The topological polar surface area (TPSA) is 60.4 Å². The number of aliphatic hydroxyl groups excluding tert-OH is 1. The highest BCUT2D eigenvalue weighted by Crippen LogP contribution is 2.40. The monoisotopic (exact) mass is 315 g/mol. The Bertz CT molecular complexity index is 598. The second-order valence-electron chi connectivity index (χ2n) is 6.85. The molecule has 0 fully saturated rings. The van der Waals surface area contributed by atoms with Gasteiger partial charge in [0.2, 0.25) is 0 Å². The van der Waals surface area contributed by atoms with Crippen LogP contribution in [0.4, 0.5) is 0 Å². The molecule has 1 aliphatic carbocycles. The van der Waals surface area contributed by atoms with E-state index in [2.05, 4.69) is 19.9 Å². The summed E-state index contributed by atoms with van der Waals surface area (Å²) in [6.07, 6.45) is 12.1. The maximum Gasteiger partial charge on any atom is 0.0753 e. The summed E-state index contributed by atoms with van der Waals surface area (Å²) in [6, 6.07) is 0. The Morgan fingerprint density at radius 1 is 1.26 bits per heavy atom. The van der Waals surface area contributed by atoms with Crippen LogP contribution in [-0.2, 0) is 4.79 Å². The third kappa shape index (κ3) is 6.03. The average molecular weight is 315 g/mol. The molecule has 3 heteroatoms. The van der Waals surface area contributed by atoms with Crippen LogP contribution >= 0.6 is 0 Å². The molecule has 0 amide bonds. The van der Waals surface area contributed by atoms with Crippen LogP contribution in [0.3, 0.4) is 0 Å². The Morgan fingerprint density at radius 2 is 1.91 bits per heavy atom. The highest BCUT2D eigenvalue weighted by molar-refractivity contribution is 5.79. The molecule has 1 N–H and O–H groups in total. The van der Waals surface area contributed by atoms with E-state index in [1.165, 1.54) is 5.57 Å². The minimum Gasteiger partial charge on any atom is -0.545 e. The number of aliphatic hydroxyl groups is 1. The number of allylic oxidation sites excluding steroid dienone is 8. The molecule has 0 aliphatic heterocycles. The highest BCUT2D eigenvalue weighted by Gasteiger charge is 2.30. The van der Waals surface area contributed by atoms with E-state index in [1.54, 1.807) is 13.0 Å². The van der Waals surface area contributed by atoms with E-state index < -0.39 is 5.97 Å². The lowest BCUT2D eigenvalue weighted by Gasteiger charge is -2.35. The summed E-state index contributed by atoms with van der Waals surface area (Å²) >= 11 is 0. The molecule has 0 saturated heterocycles. The normalized spacial score (nSPS) is 23.1. The van der Waals surface area contributed by atoms with Crippen molar-refractivity contribution in [3.63, 3.8) is 0 Å². The first-order valence-electron chi connectivity index (χ1n) is 7.95. The second kappa shape index (κ2) is 8.11. The SMILES string of the molecule is CC1=C(/C=C/C(C)=C/C=C/C(C)=C/C(=O)[O-])C(C)(C)CC[C@@H]1O. The molecule has 23 heavy (non-hydrogen) atoms. The van der Waals surface area contributed by atoms with Gasteiger partial charge in [0.1, 0.15) is 0 Å². The fourth-order valence-corrected chi connectivity index (χ4v) is 2.78. The van der Waals surface area contributed by atoms with Gasteiger partial charge < -0.3 is 15.0 Å². The second-order valence-corrected chi connectivity index (χ2v) is 6.85. The van der Waals surface area contributed by atoms with Gasteiger partial charge in [-0.05, 0) is 61.8 Å². The van der Waals surface area contributed by atoms with Gasteiger partial charge in [-0.3, -0.25) is 0 Å². The van der Waals surface area contributed by atoms with Gasteiger partial charge in [-0.1, -0.05) is 49.8 Å². The zero-order valence-corrected chi connectivity index (χ0v) is 14.7. The molecule has 0 bridgehead atoms. The average Bonchev–Trinajstić information content (AvgIpc) is 2.42. The van der Waals surface area contributed by atoms with Crippen molar-refractivity contribution in [2.24, 2.45) is 5.41 Å². The van der Waals surface area contributed by atoms with Crippen LogP contribution < -0.4 is 5.11 Å². The molecule has 3 nitrogen and oxygen atoms in total. The van der Waals surface area contributed by atoms with Crippen molar-refractivity contribution < 1.29 is 15.0 Å². The number of aliphatic carboxylic acids is 1. The molecule has 0 saturated carbocycles. The molecular weight excluding hydrogens is 288 g/mol. The Hall–Kier alpha value is -1.87. The first-order chi connectivity index (χ1) is 10.6. The molecule has 0 radical (unpaired) electrons. The number of carboxylic acids is 1. The smallest absolute Gasteiger partial charge is 0.0753 e. The van der Waals surface area contributed by atoms with Crippen molar-refractivity contribution in [3.8, 4) is 0 Å². The number of hydrogen-bond donors (Lipinski definition) is 1. The Kier molecular flexibility index (Phi) is 6.77. The Labute approximate surface area is 139 Å². The minimum absolute atomic E-state index is 0.0732. The van der Waals surface area contributed by atoms with Gasteiger partial charge in [0.15, 0.2) is 0 Å². The summed E-state index contributed by atoms with van der Waals surface area (Å²) in [7, 11) is 0.